The Morgan fingerprint density at radius 2 is 2.11 bits per heavy atom. The Labute approximate surface area is 112 Å². The topological polar surface area (TPSA) is 42.7 Å². The Bertz CT molecular complexity index is 507. The molecule has 2 rings (SSSR count). The minimum Gasteiger partial charge on any atom is -0.307 e. The van der Waals surface area contributed by atoms with Crippen LogP contribution in [0.1, 0.15) is 37.3 Å². The van der Waals surface area contributed by atoms with Gasteiger partial charge in [0.15, 0.2) is 0 Å². The first kappa shape index (κ1) is 13.1. The Kier molecular flexibility index (Phi) is 3.99. The molecule has 0 spiro atoms. The van der Waals surface area contributed by atoms with Crippen molar-refractivity contribution < 1.29 is 0 Å². The van der Waals surface area contributed by atoms with E-state index in [0.717, 1.165) is 11.4 Å². The van der Waals surface area contributed by atoms with Gasteiger partial charge in [0.25, 0.3) is 0 Å². The smallest absolute Gasteiger partial charge is 0.0934 e. The monoisotopic (exact) mass is 264 g/mol. The quantitative estimate of drug-likeness (QED) is 0.923. The van der Waals surface area contributed by atoms with Gasteiger partial charge in [-0.3, -0.25) is 9.67 Å². The van der Waals surface area contributed by atoms with E-state index in [4.69, 9.17) is 11.6 Å². The zero-order valence-corrected chi connectivity index (χ0v) is 11.5. The Balaban J connectivity index is 2.48. The van der Waals surface area contributed by atoms with Gasteiger partial charge in [-0.05, 0) is 33.0 Å². The molecule has 0 radical (unpaired) electrons. The van der Waals surface area contributed by atoms with Crippen molar-refractivity contribution in [3.8, 4) is 0 Å². The van der Waals surface area contributed by atoms with Crippen LogP contribution in [0.15, 0.2) is 30.6 Å². The Morgan fingerprint density at radius 1 is 1.33 bits per heavy atom. The van der Waals surface area contributed by atoms with Gasteiger partial charge in [-0.1, -0.05) is 17.7 Å². The second-order valence-corrected chi connectivity index (χ2v) is 4.80. The SMILES string of the molecule is CNC(c1ccccn1)c1c(Cl)cnn1C(C)C. The maximum atomic E-state index is 6.26. The van der Waals surface area contributed by atoms with E-state index in [1.807, 2.05) is 29.9 Å². The van der Waals surface area contributed by atoms with Crippen molar-refractivity contribution in [3.05, 3.63) is 47.0 Å². The predicted molar refractivity (Wildman–Crippen MR) is 72.8 cm³/mol. The molecule has 0 aromatic carbocycles. The molecule has 0 bridgehead atoms. The second-order valence-electron chi connectivity index (χ2n) is 4.39. The van der Waals surface area contributed by atoms with Gasteiger partial charge in [0, 0.05) is 12.2 Å². The number of pyridine rings is 1. The Hall–Kier alpha value is -1.39. The lowest BCUT2D eigenvalue weighted by Gasteiger charge is -2.20. The molecule has 96 valence electrons. The number of hydrogen-bond acceptors (Lipinski definition) is 3. The molecule has 1 N–H and O–H groups in total. The van der Waals surface area contributed by atoms with Crippen molar-refractivity contribution in [2.24, 2.45) is 0 Å². The molecule has 0 amide bonds. The molecule has 2 aromatic rings. The average molecular weight is 265 g/mol. The van der Waals surface area contributed by atoms with E-state index < -0.39 is 0 Å². The highest BCUT2D eigenvalue weighted by atomic mass is 35.5. The largest absolute Gasteiger partial charge is 0.307 e. The van der Waals surface area contributed by atoms with Crippen LogP contribution in [-0.4, -0.2) is 21.8 Å². The van der Waals surface area contributed by atoms with E-state index in [-0.39, 0.29) is 12.1 Å². The fourth-order valence-electron chi connectivity index (χ4n) is 2.00. The summed E-state index contributed by atoms with van der Waals surface area (Å²) < 4.78 is 1.93. The number of rotatable bonds is 4. The molecule has 0 saturated heterocycles. The normalized spacial score (nSPS) is 12.9. The summed E-state index contributed by atoms with van der Waals surface area (Å²) in [7, 11) is 1.90. The van der Waals surface area contributed by atoms with Crippen LogP contribution in [0.5, 0.6) is 0 Å². The van der Waals surface area contributed by atoms with E-state index in [1.54, 1.807) is 12.4 Å². The molecule has 18 heavy (non-hydrogen) atoms. The van der Waals surface area contributed by atoms with Gasteiger partial charge in [-0.15, -0.1) is 0 Å². The molecule has 0 aliphatic carbocycles. The molecule has 0 aliphatic heterocycles. The van der Waals surface area contributed by atoms with Gasteiger partial charge < -0.3 is 5.32 Å². The maximum Gasteiger partial charge on any atom is 0.0934 e. The summed E-state index contributed by atoms with van der Waals surface area (Å²) in [6.45, 7) is 4.16. The molecule has 0 aliphatic rings. The highest BCUT2D eigenvalue weighted by Crippen LogP contribution is 2.28. The molecule has 1 unspecified atom stereocenters. The summed E-state index contributed by atoms with van der Waals surface area (Å²) in [5.41, 5.74) is 1.89. The molecular weight excluding hydrogens is 248 g/mol. The van der Waals surface area contributed by atoms with Crippen molar-refractivity contribution in [3.63, 3.8) is 0 Å². The summed E-state index contributed by atoms with van der Waals surface area (Å²) in [5.74, 6) is 0. The van der Waals surface area contributed by atoms with E-state index in [0.29, 0.717) is 5.02 Å². The first-order valence-electron chi connectivity index (χ1n) is 5.96. The van der Waals surface area contributed by atoms with Crippen molar-refractivity contribution in [1.82, 2.24) is 20.1 Å². The van der Waals surface area contributed by atoms with Crippen molar-refractivity contribution in [2.45, 2.75) is 25.9 Å². The number of nitrogens with one attached hydrogen (secondary N) is 1. The lowest BCUT2D eigenvalue weighted by Crippen LogP contribution is -2.23. The van der Waals surface area contributed by atoms with Crippen LogP contribution >= 0.6 is 11.6 Å². The van der Waals surface area contributed by atoms with Crippen LogP contribution in [0.3, 0.4) is 0 Å². The standard InChI is InChI=1S/C13H17ClN4/c1-9(2)18-13(10(14)8-17-18)12(15-3)11-6-4-5-7-16-11/h4-9,12,15H,1-3H3. The van der Waals surface area contributed by atoms with Crippen LogP contribution in [0.2, 0.25) is 5.02 Å². The highest BCUT2D eigenvalue weighted by Gasteiger charge is 2.22. The van der Waals surface area contributed by atoms with Crippen LogP contribution in [0, 0.1) is 0 Å². The molecule has 2 heterocycles. The van der Waals surface area contributed by atoms with Crippen molar-refractivity contribution >= 4 is 11.6 Å². The molecule has 0 saturated carbocycles. The number of halogens is 1. The van der Waals surface area contributed by atoms with Crippen molar-refractivity contribution in [2.75, 3.05) is 7.05 Å². The number of aromatic nitrogens is 3. The van der Waals surface area contributed by atoms with E-state index in [1.165, 1.54) is 0 Å². The molecule has 2 aromatic heterocycles. The van der Waals surface area contributed by atoms with Gasteiger partial charge in [0.1, 0.15) is 0 Å². The maximum absolute atomic E-state index is 6.26. The fourth-order valence-corrected chi connectivity index (χ4v) is 2.24. The van der Waals surface area contributed by atoms with Crippen LogP contribution in [0.4, 0.5) is 0 Å². The molecule has 4 nitrogen and oxygen atoms in total. The summed E-state index contributed by atoms with van der Waals surface area (Å²) >= 11 is 6.26. The van der Waals surface area contributed by atoms with Gasteiger partial charge in [-0.25, -0.2) is 0 Å². The van der Waals surface area contributed by atoms with Crippen LogP contribution in [-0.2, 0) is 0 Å². The predicted octanol–water partition coefficient (Wildman–Crippen LogP) is 2.82. The third-order valence-corrected chi connectivity index (χ3v) is 3.11. The summed E-state index contributed by atoms with van der Waals surface area (Å²) in [6.07, 6.45) is 3.47. The van der Waals surface area contributed by atoms with Gasteiger partial charge in [0.2, 0.25) is 0 Å². The lowest BCUT2D eigenvalue weighted by atomic mass is 10.1. The molecular formula is C13H17ClN4. The molecule has 0 fully saturated rings. The number of nitrogens with zero attached hydrogens (tertiary/aromatic N) is 3. The summed E-state index contributed by atoms with van der Waals surface area (Å²) in [4.78, 5) is 4.39. The molecule has 5 heteroatoms. The van der Waals surface area contributed by atoms with E-state index in [9.17, 15) is 0 Å². The zero-order valence-electron chi connectivity index (χ0n) is 10.8. The third kappa shape index (κ3) is 2.40. The first-order chi connectivity index (χ1) is 8.65. The van der Waals surface area contributed by atoms with Crippen molar-refractivity contribution in [1.29, 1.82) is 0 Å². The number of hydrogen-bond donors (Lipinski definition) is 1. The van der Waals surface area contributed by atoms with Crippen LogP contribution < -0.4 is 5.32 Å². The third-order valence-electron chi connectivity index (χ3n) is 2.82. The second kappa shape index (κ2) is 5.50. The lowest BCUT2D eigenvalue weighted by molar-refractivity contribution is 0.481. The Morgan fingerprint density at radius 3 is 2.67 bits per heavy atom. The van der Waals surface area contributed by atoms with Gasteiger partial charge >= 0.3 is 0 Å². The van der Waals surface area contributed by atoms with Gasteiger partial charge in [-0.2, -0.15) is 5.10 Å². The fraction of sp³-hybridized carbons (Fsp3) is 0.385. The van der Waals surface area contributed by atoms with Gasteiger partial charge in [0.05, 0.1) is 28.6 Å². The first-order valence-corrected chi connectivity index (χ1v) is 6.34. The average Bonchev–Trinajstić information content (AvgIpc) is 2.74. The highest BCUT2D eigenvalue weighted by molar-refractivity contribution is 6.31. The summed E-state index contributed by atoms with van der Waals surface area (Å²) in [5, 5.41) is 8.24. The van der Waals surface area contributed by atoms with Crippen LogP contribution in [0.25, 0.3) is 0 Å². The van der Waals surface area contributed by atoms with E-state index >= 15 is 0 Å². The van der Waals surface area contributed by atoms with E-state index in [2.05, 4.69) is 29.2 Å². The molecule has 1 atom stereocenters. The zero-order chi connectivity index (χ0) is 13.1. The summed E-state index contributed by atoms with van der Waals surface area (Å²) in [6, 6.07) is 6.05. The minimum atomic E-state index is -0.0522. The minimum absolute atomic E-state index is 0.0522.